The molecule has 2 atom stereocenters. The summed E-state index contributed by atoms with van der Waals surface area (Å²) in [6.07, 6.45) is 0.205. The SMILES string of the molecule is Cc1nn(C)cc1C(C)NC(=O)N1CC[C@]2(CCn3nc(-c4cnc(N)c(C(F)(F)F)c4)cc32)C1. The number of hydrogen-bond donors (Lipinski definition) is 2. The molecule has 35 heavy (non-hydrogen) atoms. The Labute approximate surface area is 200 Å². The predicted molar refractivity (Wildman–Crippen MR) is 122 cm³/mol. The lowest BCUT2D eigenvalue weighted by Gasteiger charge is -2.25. The molecule has 5 heterocycles. The van der Waals surface area contributed by atoms with E-state index in [4.69, 9.17) is 5.73 Å². The largest absolute Gasteiger partial charge is 0.419 e. The number of likely N-dealkylation sites (tertiary alicyclic amines) is 1. The molecule has 9 nitrogen and oxygen atoms in total. The highest BCUT2D eigenvalue weighted by atomic mass is 19.4. The van der Waals surface area contributed by atoms with E-state index < -0.39 is 17.6 Å². The smallest absolute Gasteiger partial charge is 0.383 e. The number of carbonyl (C=O) groups is 1. The first-order valence-corrected chi connectivity index (χ1v) is 11.4. The second-order valence-electron chi connectivity index (χ2n) is 9.51. The Hall–Kier alpha value is -3.57. The molecule has 12 heteroatoms. The molecular weight excluding hydrogens is 461 g/mol. The van der Waals surface area contributed by atoms with Crippen molar-refractivity contribution in [1.82, 2.24) is 34.8 Å². The molecule has 5 rings (SSSR count). The van der Waals surface area contributed by atoms with Crippen molar-refractivity contribution in [3.8, 4) is 11.3 Å². The monoisotopic (exact) mass is 488 g/mol. The minimum absolute atomic E-state index is 0.145. The van der Waals surface area contributed by atoms with Gasteiger partial charge in [-0.15, -0.1) is 0 Å². The fraction of sp³-hybridized carbons (Fsp3) is 0.478. The number of fused-ring (bicyclic) bond motifs is 2. The highest BCUT2D eigenvalue weighted by Crippen LogP contribution is 2.44. The maximum Gasteiger partial charge on any atom is 0.419 e. The number of aryl methyl sites for hydroxylation is 3. The molecule has 1 saturated heterocycles. The standard InChI is InChI=1S/C23H27F3N8O/c1-13(16-11-32(3)30-14(16)2)29-21(35)33-6-4-22(12-33)5-7-34-19(22)9-18(31-34)15-8-17(23(24,25)26)20(27)28-10-15/h8-11,13H,4-7,12H2,1-3H3,(H2,27,28)(H,29,35)/t13?,22-/m0/s1. The zero-order chi connectivity index (χ0) is 25.1. The normalized spacial score (nSPS) is 20.5. The van der Waals surface area contributed by atoms with Crippen molar-refractivity contribution in [2.24, 2.45) is 7.05 Å². The molecule has 2 aliphatic rings. The number of pyridine rings is 1. The van der Waals surface area contributed by atoms with Crippen LogP contribution in [0.4, 0.5) is 23.8 Å². The number of aromatic nitrogens is 5. The van der Waals surface area contributed by atoms with Crippen LogP contribution in [0.25, 0.3) is 11.3 Å². The number of nitrogen functional groups attached to an aromatic ring is 1. The van der Waals surface area contributed by atoms with E-state index in [-0.39, 0.29) is 23.1 Å². The second-order valence-corrected chi connectivity index (χ2v) is 9.51. The summed E-state index contributed by atoms with van der Waals surface area (Å²) < 4.78 is 43.4. The number of halogens is 3. The minimum Gasteiger partial charge on any atom is -0.383 e. The minimum atomic E-state index is -4.60. The van der Waals surface area contributed by atoms with Crippen LogP contribution in [0.2, 0.25) is 0 Å². The third-order valence-electron chi connectivity index (χ3n) is 7.14. The van der Waals surface area contributed by atoms with E-state index in [0.717, 1.165) is 35.9 Å². The predicted octanol–water partition coefficient (Wildman–Crippen LogP) is 3.41. The molecule has 1 fully saturated rings. The van der Waals surface area contributed by atoms with Crippen LogP contribution in [0, 0.1) is 6.92 Å². The van der Waals surface area contributed by atoms with Crippen LogP contribution in [0.1, 0.15) is 48.3 Å². The summed E-state index contributed by atoms with van der Waals surface area (Å²) in [7, 11) is 1.84. The number of rotatable bonds is 3. The zero-order valence-electron chi connectivity index (χ0n) is 19.7. The first kappa shape index (κ1) is 23.2. The second kappa shape index (κ2) is 7.99. The van der Waals surface area contributed by atoms with E-state index >= 15 is 0 Å². The van der Waals surface area contributed by atoms with Gasteiger partial charge in [0.2, 0.25) is 0 Å². The molecule has 0 saturated carbocycles. The average Bonchev–Trinajstić information content (AvgIpc) is 3.53. The van der Waals surface area contributed by atoms with E-state index in [9.17, 15) is 18.0 Å². The number of urea groups is 1. The maximum absolute atomic E-state index is 13.3. The summed E-state index contributed by atoms with van der Waals surface area (Å²) in [6.45, 7) is 5.60. The molecular formula is C23H27F3N8O. The Morgan fingerprint density at radius 2 is 1.97 bits per heavy atom. The molecule has 1 spiro atoms. The molecule has 186 valence electrons. The number of hydrogen-bond acceptors (Lipinski definition) is 5. The fourth-order valence-electron chi connectivity index (χ4n) is 5.30. The molecule has 1 unspecified atom stereocenters. The van der Waals surface area contributed by atoms with Gasteiger partial charge in [-0.2, -0.15) is 23.4 Å². The zero-order valence-corrected chi connectivity index (χ0v) is 19.7. The van der Waals surface area contributed by atoms with Gasteiger partial charge in [0, 0.05) is 61.3 Å². The quantitative estimate of drug-likeness (QED) is 0.588. The van der Waals surface area contributed by atoms with Crippen molar-refractivity contribution >= 4 is 11.8 Å². The van der Waals surface area contributed by atoms with Crippen LogP contribution in [-0.4, -0.2) is 48.6 Å². The summed E-state index contributed by atoms with van der Waals surface area (Å²) in [5.74, 6) is -0.558. The summed E-state index contributed by atoms with van der Waals surface area (Å²) >= 11 is 0. The van der Waals surface area contributed by atoms with Gasteiger partial charge in [-0.25, -0.2) is 9.78 Å². The van der Waals surface area contributed by atoms with E-state index in [1.54, 1.807) is 9.58 Å². The van der Waals surface area contributed by atoms with Crippen LogP contribution >= 0.6 is 0 Å². The molecule has 0 aromatic carbocycles. The van der Waals surface area contributed by atoms with E-state index in [0.29, 0.717) is 25.3 Å². The topological polar surface area (TPSA) is 107 Å². The Balaban J connectivity index is 1.34. The van der Waals surface area contributed by atoms with E-state index in [1.165, 1.54) is 6.20 Å². The molecule has 0 radical (unpaired) electrons. The Morgan fingerprint density at radius 1 is 1.23 bits per heavy atom. The molecule has 0 aliphatic carbocycles. The van der Waals surface area contributed by atoms with Gasteiger partial charge in [0.25, 0.3) is 0 Å². The Morgan fingerprint density at radius 3 is 2.66 bits per heavy atom. The average molecular weight is 489 g/mol. The van der Waals surface area contributed by atoms with Crippen LogP contribution in [0.5, 0.6) is 0 Å². The van der Waals surface area contributed by atoms with Gasteiger partial charge >= 0.3 is 12.2 Å². The summed E-state index contributed by atoms with van der Waals surface area (Å²) in [6, 6.07) is 2.48. The summed E-state index contributed by atoms with van der Waals surface area (Å²) in [5, 5.41) is 11.9. The highest BCUT2D eigenvalue weighted by molar-refractivity contribution is 5.75. The van der Waals surface area contributed by atoms with Crippen molar-refractivity contribution in [1.29, 1.82) is 0 Å². The maximum atomic E-state index is 13.3. The van der Waals surface area contributed by atoms with Gasteiger partial charge in [0.05, 0.1) is 23.0 Å². The third kappa shape index (κ3) is 4.00. The molecule has 2 aliphatic heterocycles. The number of carbonyl (C=O) groups excluding carboxylic acids is 1. The summed E-state index contributed by atoms with van der Waals surface area (Å²) in [5.41, 5.74) is 7.64. The number of nitrogens with zero attached hydrogens (tertiary/aromatic N) is 6. The number of alkyl halides is 3. The lowest BCUT2D eigenvalue weighted by atomic mass is 9.82. The van der Waals surface area contributed by atoms with E-state index in [1.807, 2.05) is 37.8 Å². The van der Waals surface area contributed by atoms with Crippen LogP contribution in [0.3, 0.4) is 0 Å². The lowest BCUT2D eigenvalue weighted by molar-refractivity contribution is -0.137. The molecule has 3 aromatic heterocycles. The van der Waals surface area contributed by atoms with Gasteiger partial charge in [0.1, 0.15) is 5.82 Å². The number of nitrogens with one attached hydrogen (secondary N) is 1. The first-order chi connectivity index (χ1) is 16.5. The first-order valence-electron chi connectivity index (χ1n) is 11.4. The van der Waals surface area contributed by atoms with Crippen molar-refractivity contribution in [3.05, 3.63) is 47.0 Å². The summed E-state index contributed by atoms with van der Waals surface area (Å²) in [4.78, 5) is 18.6. The van der Waals surface area contributed by atoms with Crippen molar-refractivity contribution in [2.45, 2.75) is 50.9 Å². The van der Waals surface area contributed by atoms with Crippen molar-refractivity contribution < 1.29 is 18.0 Å². The Kier molecular flexibility index (Phi) is 5.29. The van der Waals surface area contributed by atoms with Crippen molar-refractivity contribution in [2.75, 3.05) is 18.8 Å². The van der Waals surface area contributed by atoms with Gasteiger partial charge in [-0.1, -0.05) is 0 Å². The number of nitrogens with two attached hydrogens (primary N) is 1. The van der Waals surface area contributed by atoms with Crippen LogP contribution in [-0.2, 0) is 25.2 Å². The Bertz CT molecular complexity index is 1300. The lowest BCUT2D eigenvalue weighted by Crippen LogP contribution is -2.41. The van der Waals surface area contributed by atoms with Gasteiger partial charge in [0.15, 0.2) is 0 Å². The van der Waals surface area contributed by atoms with Gasteiger partial charge < -0.3 is 16.0 Å². The molecule has 0 bridgehead atoms. The van der Waals surface area contributed by atoms with Crippen LogP contribution in [0.15, 0.2) is 24.5 Å². The number of anilines is 1. The molecule has 3 N–H and O–H groups in total. The molecule has 2 amide bonds. The molecule has 3 aromatic rings. The van der Waals surface area contributed by atoms with Gasteiger partial charge in [-0.3, -0.25) is 9.36 Å². The number of amides is 2. The third-order valence-corrected chi connectivity index (χ3v) is 7.14. The highest BCUT2D eigenvalue weighted by Gasteiger charge is 2.47. The van der Waals surface area contributed by atoms with Crippen molar-refractivity contribution in [3.63, 3.8) is 0 Å². The van der Waals surface area contributed by atoms with E-state index in [2.05, 4.69) is 20.5 Å². The van der Waals surface area contributed by atoms with Crippen LogP contribution < -0.4 is 11.1 Å². The van der Waals surface area contributed by atoms with Gasteiger partial charge in [-0.05, 0) is 38.8 Å². The fourth-order valence-corrected chi connectivity index (χ4v) is 5.30.